The first kappa shape index (κ1) is 29.0. The molecule has 0 unspecified atom stereocenters. The number of amides is 2. The van der Waals surface area contributed by atoms with Crippen LogP contribution in [0.15, 0.2) is 78.9 Å². The van der Waals surface area contributed by atoms with Gasteiger partial charge in [0.15, 0.2) is 5.69 Å². The predicted octanol–water partition coefficient (Wildman–Crippen LogP) is 5.14. The summed E-state index contributed by atoms with van der Waals surface area (Å²) < 4.78 is 20.5. The van der Waals surface area contributed by atoms with Crippen LogP contribution < -0.4 is 9.64 Å². The van der Waals surface area contributed by atoms with Gasteiger partial charge in [0.2, 0.25) is 5.91 Å². The molecular formula is C33H36FN5O3. The van der Waals surface area contributed by atoms with Gasteiger partial charge in [-0.1, -0.05) is 30.3 Å². The number of aryl methyl sites for hydroxylation is 1. The minimum Gasteiger partial charge on any atom is -0.497 e. The highest BCUT2D eigenvalue weighted by Crippen LogP contribution is 2.26. The van der Waals surface area contributed by atoms with E-state index in [1.54, 1.807) is 40.6 Å². The quantitative estimate of drug-likeness (QED) is 0.333. The van der Waals surface area contributed by atoms with E-state index in [1.165, 1.54) is 12.1 Å². The minimum atomic E-state index is -0.271. The number of para-hydroxylation sites is 1. The highest BCUT2D eigenvalue weighted by Gasteiger charge is 2.25. The summed E-state index contributed by atoms with van der Waals surface area (Å²) in [4.78, 5) is 32.7. The molecule has 0 N–H and O–H groups in total. The molecule has 218 valence electrons. The van der Waals surface area contributed by atoms with Gasteiger partial charge in [-0.2, -0.15) is 5.10 Å². The van der Waals surface area contributed by atoms with Gasteiger partial charge in [0.25, 0.3) is 5.91 Å². The van der Waals surface area contributed by atoms with Crippen molar-refractivity contribution in [1.29, 1.82) is 0 Å². The van der Waals surface area contributed by atoms with Gasteiger partial charge in [0.05, 0.1) is 12.8 Å². The average molecular weight is 570 g/mol. The molecule has 8 nitrogen and oxygen atoms in total. The van der Waals surface area contributed by atoms with Crippen molar-refractivity contribution < 1.29 is 18.7 Å². The highest BCUT2D eigenvalue weighted by molar-refractivity contribution is 5.94. The maximum Gasteiger partial charge on any atom is 0.274 e. The average Bonchev–Trinajstić information content (AvgIpc) is 3.37. The van der Waals surface area contributed by atoms with Gasteiger partial charge in [0, 0.05) is 64.5 Å². The number of anilines is 1. The third-order valence-corrected chi connectivity index (χ3v) is 7.66. The van der Waals surface area contributed by atoms with Gasteiger partial charge in [-0.15, -0.1) is 0 Å². The number of carbonyl (C=O) groups is 2. The van der Waals surface area contributed by atoms with Crippen molar-refractivity contribution in [2.45, 2.75) is 26.4 Å². The molecule has 1 aliphatic heterocycles. The van der Waals surface area contributed by atoms with E-state index < -0.39 is 0 Å². The van der Waals surface area contributed by atoms with Gasteiger partial charge >= 0.3 is 0 Å². The molecule has 0 bridgehead atoms. The van der Waals surface area contributed by atoms with E-state index in [0.717, 1.165) is 46.8 Å². The highest BCUT2D eigenvalue weighted by atomic mass is 19.1. The molecule has 0 fully saturated rings. The number of rotatable bonds is 5. The zero-order valence-corrected chi connectivity index (χ0v) is 24.3. The number of carbonyl (C=O) groups excluding carboxylic acids is 2. The molecule has 4 aromatic rings. The molecule has 0 atom stereocenters. The summed E-state index contributed by atoms with van der Waals surface area (Å²) in [6.07, 6.45) is 0.758. The van der Waals surface area contributed by atoms with E-state index in [-0.39, 0.29) is 17.6 Å². The van der Waals surface area contributed by atoms with Gasteiger partial charge < -0.3 is 14.5 Å². The minimum absolute atomic E-state index is 0.0430. The van der Waals surface area contributed by atoms with Crippen LogP contribution >= 0.6 is 0 Å². The van der Waals surface area contributed by atoms with Crippen molar-refractivity contribution in [1.82, 2.24) is 19.6 Å². The molecule has 1 aliphatic rings. The van der Waals surface area contributed by atoms with E-state index in [1.807, 2.05) is 61.6 Å². The number of fused-ring (bicyclic) bond motifs is 1. The molecule has 0 radical (unpaired) electrons. The van der Waals surface area contributed by atoms with E-state index in [4.69, 9.17) is 4.74 Å². The van der Waals surface area contributed by atoms with Crippen molar-refractivity contribution >= 4 is 17.5 Å². The normalized spacial score (nSPS) is 14.7. The summed E-state index contributed by atoms with van der Waals surface area (Å²) in [7, 11) is 3.45. The predicted molar refractivity (Wildman–Crippen MR) is 161 cm³/mol. The number of halogens is 1. The first-order chi connectivity index (χ1) is 20.3. The van der Waals surface area contributed by atoms with Crippen LogP contribution in [0.2, 0.25) is 0 Å². The molecule has 0 saturated carbocycles. The lowest BCUT2D eigenvalue weighted by Gasteiger charge is -2.27. The molecule has 42 heavy (non-hydrogen) atoms. The second kappa shape index (κ2) is 13.0. The Labute approximate surface area is 245 Å². The SMILES string of the molecule is COc1ccc(-c2cc(C(=O)N3CCN(Cc4ccc(F)cc4)CCCN(C(C)=O)c4ccccc4C3)nn2C)cc1. The summed E-state index contributed by atoms with van der Waals surface area (Å²) in [5, 5.41) is 4.59. The Balaban J connectivity index is 1.46. The van der Waals surface area contributed by atoms with Gasteiger partial charge in [0.1, 0.15) is 11.6 Å². The third kappa shape index (κ3) is 6.69. The summed E-state index contributed by atoms with van der Waals surface area (Å²) in [6.45, 7) is 4.87. The first-order valence-electron chi connectivity index (χ1n) is 14.1. The van der Waals surface area contributed by atoms with Crippen molar-refractivity contribution in [3.63, 3.8) is 0 Å². The second-order valence-corrected chi connectivity index (χ2v) is 10.5. The van der Waals surface area contributed by atoms with Gasteiger partial charge in [-0.3, -0.25) is 19.2 Å². The van der Waals surface area contributed by atoms with Crippen molar-refractivity contribution in [3.8, 4) is 17.0 Å². The Kier molecular flexibility index (Phi) is 8.97. The monoisotopic (exact) mass is 569 g/mol. The Bertz CT molecular complexity index is 1530. The smallest absolute Gasteiger partial charge is 0.274 e. The van der Waals surface area contributed by atoms with E-state index in [2.05, 4.69) is 10.00 Å². The maximum atomic E-state index is 14.1. The third-order valence-electron chi connectivity index (χ3n) is 7.66. The van der Waals surface area contributed by atoms with Crippen LogP contribution in [0.1, 0.15) is 35.0 Å². The number of methoxy groups -OCH3 is 1. The fraction of sp³-hybridized carbons (Fsp3) is 0.303. The lowest BCUT2D eigenvalue weighted by molar-refractivity contribution is -0.116. The fourth-order valence-corrected chi connectivity index (χ4v) is 5.41. The topological polar surface area (TPSA) is 70.9 Å². The zero-order chi connectivity index (χ0) is 29.6. The number of ether oxygens (including phenoxy) is 1. The molecule has 0 spiro atoms. The molecule has 1 aromatic heterocycles. The maximum absolute atomic E-state index is 14.1. The van der Waals surface area contributed by atoms with Crippen LogP contribution in [0.5, 0.6) is 5.75 Å². The van der Waals surface area contributed by atoms with Gasteiger partial charge in [-0.25, -0.2) is 4.39 Å². The Morgan fingerprint density at radius 3 is 2.38 bits per heavy atom. The van der Waals surface area contributed by atoms with Crippen LogP contribution in [0.4, 0.5) is 10.1 Å². The van der Waals surface area contributed by atoms with Crippen molar-refractivity contribution in [3.05, 3.63) is 102 Å². The Hall–Kier alpha value is -4.50. The van der Waals surface area contributed by atoms with E-state index in [9.17, 15) is 14.0 Å². The molecule has 3 aromatic carbocycles. The summed E-state index contributed by atoms with van der Waals surface area (Å²) in [6, 6.07) is 23.7. The number of benzene rings is 3. The van der Waals surface area contributed by atoms with Crippen molar-refractivity contribution in [2.24, 2.45) is 7.05 Å². The molecule has 5 rings (SSSR count). The van der Waals surface area contributed by atoms with Crippen molar-refractivity contribution in [2.75, 3.05) is 38.2 Å². The Morgan fingerprint density at radius 2 is 1.67 bits per heavy atom. The summed E-state index contributed by atoms with van der Waals surface area (Å²) in [5.41, 5.74) is 4.80. The zero-order valence-electron chi connectivity index (χ0n) is 24.3. The lowest BCUT2D eigenvalue weighted by Crippen LogP contribution is -2.38. The fourth-order valence-electron chi connectivity index (χ4n) is 5.41. The van der Waals surface area contributed by atoms with Crippen LogP contribution in [0.25, 0.3) is 11.3 Å². The second-order valence-electron chi connectivity index (χ2n) is 10.5. The molecule has 9 heteroatoms. The number of nitrogens with zero attached hydrogens (tertiary/aromatic N) is 5. The standard InChI is InChI=1S/C33H36FN5O3/c1-24(40)39-18-6-17-37(22-25-9-13-28(34)14-10-25)19-20-38(23-27-7-4-5-8-31(27)39)33(41)30-21-32(36(2)35-30)26-11-15-29(42-3)16-12-26/h4-5,7-16,21H,6,17-20,22-23H2,1-3H3. The van der Waals surface area contributed by atoms with Crippen LogP contribution in [-0.2, 0) is 24.9 Å². The molecule has 0 aliphatic carbocycles. The van der Waals surface area contributed by atoms with Crippen LogP contribution in [0, 0.1) is 5.82 Å². The van der Waals surface area contributed by atoms with E-state index in [0.29, 0.717) is 38.4 Å². The van der Waals surface area contributed by atoms with Crippen LogP contribution in [-0.4, -0.2) is 64.7 Å². The summed E-state index contributed by atoms with van der Waals surface area (Å²) in [5.74, 6) is 0.255. The first-order valence-corrected chi connectivity index (χ1v) is 14.1. The molecule has 2 amide bonds. The molecule has 0 saturated heterocycles. The summed E-state index contributed by atoms with van der Waals surface area (Å²) >= 11 is 0. The van der Waals surface area contributed by atoms with Gasteiger partial charge in [-0.05, 0) is 66.1 Å². The van der Waals surface area contributed by atoms with E-state index >= 15 is 0 Å². The number of hydrogen-bond donors (Lipinski definition) is 0. The molecule has 2 heterocycles. The largest absolute Gasteiger partial charge is 0.497 e. The number of aromatic nitrogens is 2. The lowest BCUT2D eigenvalue weighted by atomic mass is 10.1. The Morgan fingerprint density at radius 1 is 0.929 bits per heavy atom. The molecular weight excluding hydrogens is 533 g/mol. The number of hydrogen-bond acceptors (Lipinski definition) is 5. The van der Waals surface area contributed by atoms with Crippen LogP contribution in [0.3, 0.4) is 0 Å².